The molecule has 0 spiro atoms. The number of nitrogens with one attached hydrogen (secondary N) is 2. The van der Waals surface area contributed by atoms with Crippen molar-refractivity contribution in [2.75, 3.05) is 20.9 Å². The summed E-state index contributed by atoms with van der Waals surface area (Å²) in [4.78, 5) is 13.1. The van der Waals surface area contributed by atoms with E-state index in [-0.39, 0.29) is 9.79 Å². The van der Waals surface area contributed by atoms with Crippen molar-refractivity contribution in [3.8, 4) is 0 Å². The van der Waals surface area contributed by atoms with E-state index in [1.807, 2.05) is 19.9 Å². The molecule has 1 amide bonds. The van der Waals surface area contributed by atoms with Crippen LogP contribution in [0.2, 0.25) is 0 Å². The standard InChI is InChI=1S/C28H27N3O5S2/c1-21-17-22(2)19-25(18-21)31(38(35,36)27-11-7-4-8-12-27)20-28(32)29-23-13-15-26(16-14-23)37(33,34)30-24-9-5-3-6-10-24/h3-19,30H,20H2,1-2H3,(H,29,32). The fourth-order valence-electron chi connectivity index (χ4n) is 3.90. The number of para-hydroxylation sites is 1. The number of carbonyl (C=O) groups is 1. The zero-order valence-corrected chi connectivity index (χ0v) is 22.5. The van der Waals surface area contributed by atoms with Crippen LogP contribution in [0.3, 0.4) is 0 Å². The Hall–Kier alpha value is -4.15. The number of hydrogen-bond donors (Lipinski definition) is 2. The monoisotopic (exact) mass is 549 g/mol. The van der Waals surface area contributed by atoms with E-state index in [1.165, 1.54) is 36.4 Å². The van der Waals surface area contributed by atoms with Crippen molar-refractivity contribution < 1.29 is 21.6 Å². The van der Waals surface area contributed by atoms with Gasteiger partial charge in [0, 0.05) is 11.4 Å². The third-order valence-corrected chi connectivity index (χ3v) is 8.77. The second-order valence-electron chi connectivity index (χ2n) is 8.71. The van der Waals surface area contributed by atoms with Crippen LogP contribution < -0.4 is 14.3 Å². The first kappa shape index (κ1) is 26.9. The molecule has 0 aromatic heterocycles. The number of anilines is 3. The molecular formula is C28H27N3O5S2. The molecule has 10 heteroatoms. The highest BCUT2D eigenvalue weighted by atomic mass is 32.2. The van der Waals surface area contributed by atoms with Crippen LogP contribution >= 0.6 is 0 Å². The Labute approximate surface area is 223 Å². The topological polar surface area (TPSA) is 113 Å². The molecule has 8 nitrogen and oxygen atoms in total. The van der Waals surface area contributed by atoms with Crippen molar-refractivity contribution >= 4 is 43.0 Å². The largest absolute Gasteiger partial charge is 0.325 e. The highest BCUT2D eigenvalue weighted by molar-refractivity contribution is 7.93. The molecular weight excluding hydrogens is 522 g/mol. The van der Waals surface area contributed by atoms with Gasteiger partial charge in [-0.05, 0) is 85.6 Å². The van der Waals surface area contributed by atoms with Crippen molar-refractivity contribution in [1.82, 2.24) is 0 Å². The average Bonchev–Trinajstić information content (AvgIpc) is 2.88. The van der Waals surface area contributed by atoms with Crippen molar-refractivity contribution in [1.29, 1.82) is 0 Å². The molecule has 0 heterocycles. The number of benzene rings is 4. The minimum Gasteiger partial charge on any atom is -0.325 e. The maximum Gasteiger partial charge on any atom is 0.264 e. The maximum atomic E-state index is 13.5. The van der Waals surface area contributed by atoms with E-state index in [0.29, 0.717) is 17.1 Å². The van der Waals surface area contributed by atoms with E-state index < -0.39 is 32.5 Å². The number of hydrogen-bond acceptors (Lipinski definition) is 5. The smallest absolute Gasteiger partial charge is 0.264 e. The molecule has 196 valence electrons. The van der Waals surface area contributed by atoms with E-state index in [2.05, 4.69) is 10.0 Å². The molecule has 0 bridgehead atoms. The predicted molar refractivity (Wildman–Crippen MR) is 149 cm³/mol. The Morgan fingerprint density at radius 3 is 1.82 bits per heavy atom. The van der Waals surface area contributed by atoms with Crippen LogP contribution in [0.4, 0.5) is 17.1 Å². The van der Waals surface area contributed by atoms with E-state index in [4.69, 9.17) is 0 Å². The number of nitrogens with zero attached hydrogens (tertiary/aromatic N) is 1. The van der Waals surface area contributed by atoms with Gasteiger partial charge in [-0.3, -0.25) is 13.8 Å². The first-order valence-corrected chi connectivity index (χ1v) is 14.6. The van der Waals surface area contributed by atoms with Crippen LogP contribution in [-0.4, -0.2) is 29.3 Å². The summed E-state index contributed by atoms with van der Waals surface area (Å²) < 4.78 is 55.9. The molecule has 0 atom stereocenters. The van der Waals surface area contributed by atoms with Gasteiger partial charge in [-0.2, -0.15) is 0 Å². The lowest BCUT2D eigenvalue weighted by atomic mass is 10.1. The van der Waals surface area contributed by atoms with Gasteiger partial charge >= 0.3 is 0 Å². The van der Waals surface area contributed by atoms with E-state index in [1.54, 1.807) is 60.7 Å². The Morgan fingerprint density at radius 2 is 1.24 bits per heavy atom. The third-order valence-electron chi connectivity index (χ3n) is 5.59. The minimum atomic E-state index is -4.05. The number of carbonyl (C=O) groups excluding carboxylic acids is 1. The van der Waals surface area contributed by atoms with Gasteiger partial charge < -0.3 is 5.32 Å². The Morgan fingerprint density at radius 1 is 0.684 bits per heavy atom. The van der Waals surface area contributed by atoms with E-state index >= 15 is 0 Å². The fourth-order valence-corrected chi connectivity index (χ4v) is 6.38. The zero-order chi connectivity index (χ0) is 27.3. The molecule has 0 fully saturated rings. The van der Waals surface area contributed by atoms with Crippen LogP contribution in [-0.2, 0) is 24.8 Å². The van der Waals surface area contributed by atoms with Gasteiger partial charge in [0.05, 0.1) is 15.5 Å². The summed E-state index contributed by atoms with van der Waals surface area (Å²) in [6.45, 7) is 3.23. The van der Waals surface area contributed by atoms with Crippen molar-refractivity contribution in [3.05, 3.63) is 114 Å². The molecule has 4 aromatic rings. The van der Waals surface area contributed by atoms with Gasteiger partial charge in [0.1, 0.15) is 6.54 Å². The van der Waals surface area contributed by atoms with Crippen LogP contribution in [0.1, 0.15) is 11.1 Å². The molecule has 0 radical (unpaired) electrons. The second kappa shape index (κ2) is 11.1. The maximum absolute atomic E-state index is 13.5. The highest BCUT2D eigenvalue weighted by Gasteiger charge is 2.27. The summed E-state index contributed by atoms with van der Waals surface area (Å²) in [7, 11) is -7.87. The molecule has 4 aromatic carbocycles. The van der Waals surface area contributed by atoms with Crippen LogP contribution in [0.5, 0.6) is 0 Å². The van der Waals surface area contributed by atoms with Gasteiger partial charge in [-0.1, -0.05) is 42.5 Å². The summed E-state index contributed by atoms with van der Waals surface area (Å²) in [5.74, 6) is -0.582. The minimum absolute atomic E-state index is 0.0165. The quantitative estimate of drug-likeness (QED) is 0.307. The number of aryl methyl sites for hydroxylation is 2. The lowest BCUT2D eigenvalue weighted by molar-refractivity contribution is -0.114. The summed E-state index contributed by atoms with van der Waals surface area (Å²) in [5.41, 5.74) is 2.83. The van der Waals surface area contributed by atoms with Gasteiger partial charge in [0.25, 0.3) is 20.0 Å². The summed E-state index contributed by atoms with van der Waals surface area (Å²) in [6, 6.07) is 27.4. The highest BCUT2D eigenvalue weighted by Crippen LogP contribution is 2.26. The normalized spacial score (nSPS) is 11.5. The molecule has 38 heavy (non-hydrogen) atoms. The lowest BCUT2D eigenvalue weighted by Gasteiger charge is -2.25. The fraction of sp³-hybridized carbons (Fsp3) is 0.107. The van der Waals surface area contributed by atoms with Crippen LogP contribution in [0.15, 0.2) is 113 Å². The van der Waals surface area contributed by atoms with Crippen molar-refractivity contribution in [2.45, 2.75) is 23.6 Å². The van der Waals surface area contributed by atoms with Crippen LogP contribution in [0, 0.1) is 13.8 Å². The van der Waals surface area contributed by atoms with Crippen LogP contribution in [0.25, 0.3) is 0 Å². The zero-order valence-electron chi connectivity index (χ0n) is 20.8. The molecule has 0 saturated heterocycles. The summed E-state index contributed by atoms with van der Waals surface area (Å²) >= 11 is 0. The Kier molecular flexibility index (Phi) is 7.84. The number of amides is 1. The molecule has 0 aliphatic rings. The van der Waals surface area contributed by atoms with E-state index in [9.17, 15) is 21.6 Å². The van der Waals surface area contributed by atoms with Gasteiger partial charge in [-0.25, -0.2) is 16.8 Å². The molecule has 0 saturated carbocycles. The Bertz CT molecular complexity index is 1620. The third kappa shape index (κ3) is 6.39. The van der Waals surface area contributed by atoms with E-state index in [0.717, 1.165) is 15.4 Å². The first-order chi connectivity index (χ1) is 18.0. The average molecular weight is 550 g/mol. The van der Waals surface area contributed by atoms with Crippen molar-refractivity contribution in [3.63, 3.8) is 0 Å². The molecule has 0 aliphatic heterocycles. The van der Waals surface area contributed by atoms with Crippen molar-refractivity contribution in [2.24, 2.45) is 0 Å². The van der Waals surface area contributed by atoms with Gasteiger partial charge in [-0.15, -0.1) is 0 Å². The Balaban J connectivity index is 1.55. The molecule has 2 N–H and O–H groups in total. The van der Waals surface area contributed by atoms with Gasteiger partial charge in [0.15, 0.2) is 0 Å². The second-order valence-corrected chi connectivity index (χ2v) is 12.3. The summed E-state index contributed by atoms with van der Waals surface area (Å²) in [5, 5.41) is 2.66. The molecule has 0 unspecified atom stereocenters. The first-order valence-electron chi connectivity index (χ1n) is 11.7. The summed E-state index contributed by atoms with van der Waals surface area (Å²) in [6.07, 6.45) is 0. The molecule has 0 aliphatic carbocycles. The number of sulfonamides is 2. The predicted octanol–water partition coefficient (Wildman–Crippen LogP) is 4.94. The SMILES string of the molecule is Cc1cc(C)cc(N(CC(=O)Nc2ccc(S(=O)(=O)Nc3ccccc3)cc2)S(=O)(=O)c2ccccc2)c1. The van der Waals surface area contributed by atoms with Gasteiger partial charge in [0.2, 0.25) is 5.91 Å². The lowest BCUT2D eigenvalue weighted by Crippen LogP contribution is -2.38. The molecule has 4 rings (SSSR count). The number of rotatable bonds is 9.